The third kappa shape index (κ3) is 2.91. The van der Waals surface area contributed by atoms with Gasteiger partial charge in [0.15, 0.2) is 0 Å². The topological polar surface area (TPSA) is 9.23 Å². The molecule has 0 radical (unpaired) electrons. The maximum absolute atomic E-state index is 5.28. The minimum Gasteiger partial charge on any atom is -0.505 e. The van der Waals surface area contributed by atoms with E-state index in [1.165, 1.54) is 16.7 Å². The summed E-state index contributed by atoms with van der Waals surface area (Å²) in [5, 5.41) is 0. The molecule has 0 atom stereocenters. The SMILES string of the molecule is CO/C=C/C(c1ccccc1)(c1ccccc1)c1ccccc1. The van der Waals surface area contributed by atoms with E-state index in [9.17, 15) is 0 Å². The van der Waals surface area contributed by atoms with E-state index in [4.69, 9.17) is 4.74 Å². The van der Waals surface area contributed by atoms with Crippen molar-refractivity contribution in [1.29, 1.82) is 0 Å². The summed E-state index contributed by atoms with van der Waals surface area (Å²) in [5.74, 6) is 0. The molecule has 1 heteroatoms. The standard InChI is InChI=1S/C22H20O/c1-23-18-17-22(19-11-5-2-6-12-19,20-13-7-3-8-14-20)21-15-9-4-10-16-21/h2-18H,1H3/b18-17+. The van der Waals surface area contributed by atoms with Gasteiger partial charge in [0, 0.05) is 0 Å². The highest BCUT2D eigenvalue weighted by Crippen LogP contribution is 2.40. The Morgan fingerprint density at radius 1 is 0.609 bits per heavy atom. The fourth-order valence-corrected chi connectivity index (χ4v) is 3.06. The lowest BCUT2D eigenvalue weighted by Gasteiger charge is -2.32. The van der Waals surface area contributed by atoms with Crippen LogP contribution in [0.1, 0.15) is 16.7 Å². The minimum atomic E-state index is -0.375. The summed E-state index contributed by atoms with van der Waals surface area (Å²) in [7, 11) is 1.68. The molecule has 3 aromatic rings. The summed E-state index contributed by atoms with van der Waals surface area (Å²) in [6.45, 7) is 0. The number of hydrogen-bond acceptors (Lipinski definition) is 1. The molecule has 1 nitrogen and oxygen atoms in total. The van der Waals surface area contributed by atoms with Gasteiger partial charge in [-0.15, -0.1) is 0 Å². The van der Waals surface area contributed by atoms with Crippen molar-refractivity contribution in [2.24, 2.45) is 0 Å². The Labute approximate surface area is 137 Å². The van der Waals surface area contributed by atoms with E-state index >= 15 is 0 Å². The zero-order chi connectivity index (χ0) is 16.0. The van der Waals surface area contributed by atoms with Crippen molar-refractivity contribution in [2.45, 2.75) is 5.41 Å². The van der Waals surface area contributed by atoms with Crippen LogP contribution >= 0.6 is 0 Å². The van der Waals surface area contributed by atoms with E-state index < -0.39 is 0 Å². The van der Waals surface area contributed by atoms with Crippen molar-refractivity contribution in [3.63, 3.8) is 0 Å². The highest BCUT2D eigenvalue weighted by molar-refractivity contribution is 5.54. The molecule has 23 heavy (non-hydrogen) atoms. The fourth-order valence-electron chi connectivity index (χ4n) is 3.06. The van der Waals surface area contributed by atoms with Crippen LogP contribution in [0.15, 0.2) is 103 Å². The summed E-state index contributed by atoms with van der Waals surface area (Å²) in [4.78, 5) is 0. The molecular formula is C22H20O. The highest BCUT2D eigenvalue weighted by atomic mass is 16.5. The highest BCUT2D eigenvalue weighted by Gasteiger charge is 2.33. The molecular weight excluding hydrogens is 280 g/mol. The van der Waals surface area contributed by atoms with Gasteiger partial charge in [0.2, 0.25) is 0 Å². The van der Waals surface area contributed by atoms with Gasteiger partial charge < -0.3 is 4.74 Å². The summed E-state index contributed by atoms with van der Waals surface area (Å²) < 4.78 is 5.28. The van der Waals surface area contributed by atoms with Crippen molar-refractivity contribution >= 4 is 0 Å². The van der Waals surface area contributed by atoms with Crippen LogP contribution in [0, 0.1) is 0 Å². The first-order chi connectivity index (χ1) is 11.4. The molecule has 0 bridgehead atoms. The van der Waals surface area contributed by atoms with E-state index in [0.29, 0.717) is 0 Å². The first-order valence-electron chi connectivity index (χ1n) is 7.75. The normalized spacial score (nSPS) is 11.5. The molecule has 0 aliphatic rings. The Kier molecular flexibility index (Phi) is 4.58. The quantitative estimate of drug-likeness (QED) is 0.466. The number of benzene rings is 3. The summed E-state index contributed by atoms with van der Waals surface area (Å²) >= 11 is 0. The molecule has 3 aromatic carbocycles. The third-order valence-electron chi connectivity index (χ3n) is 4.14. The van der Waals surface area contributed by atoms with E-state index in [0.717, 1.165) is 0 Å². The lowest BCUT2D eigenvalue weighted by molar-refractivity contribution is 0.334. The van der Waals surface area contributed by atoms with Crippen LogP contribution in [0.4, 0.5) is 0 Å². The molecule has 0 fully saturated rings. The molecule has 114 valence electrons. The summed E-state index contributed by atoms with van der Waals surface area (Å²) in [5.41, 5.74) is 3.27. The second kappa shape index (κ2) is 6.97. The average molecular weight is 300 g/mol. The van der Waals surface area contributed by atoms with Crippen molar-refractivity contribution in [3.05, 3.63) is 120 Å². The van der Waals surface area contributed by atoms with Crippen LogP contribution in [0.3, 0.4) is 0 Å². The van der Waals surface area contributed by atoms with Crippen LogP contribution in [0.2, 0.25) is 0 Å². The molecule has 0 saturated heterocycles. The maximum Gasteiger partial charge on any atom is 0.0800 e. The first-order valence-corrected chi connectivity index (χ1v) is 7.75. The molecule has 3 rings (SSSR count). The molecule has 0 saturated carbocycles. The number of hydrogen-bond donors (Lipinski definition) is 0. The lowest BCUT2D eigenvalue weighted by atomic mass is 9.69. The van der Waals surface area contributed by atoms with Crippen molar-refractivity contribution in [1.82, 2.24) is 0 Å². The van der Waals surface area contributed by atoms with E-state index in [1.54, 1.807) is 13.4 Å². The van der Waals surface area contributed by atoms with Gasteiger partial charge in [-0.1, -0.05) is 91.0 Å². The van der Waals surface area contributed by atoms with Crippen molar-refractivity contribution < 1.29 is 4.74 Å². The van der Waals surface area contributed by atoms with Gasteiger partial charge in [-0.05, 0) is 22.8 Å². The Balaban J connectivity index is 2.33. The van der Waals surface area contributed by atoms with Gasteiger partial charge in [0.25, 0.3) is 0 Å². The first kappa shape index (κ1) is 15.1. The Morgan fingerprint density at radius 2 is 0.957 bits per heavy atom. The predicted molar refractivity (Wildman–Crippen MR) is 95.4 cm³/mol. The average Bonchev–Trinajstić information content (AvgIpc) is 2.65. The molecule has 0 aromatic heterocycles. The van der Waals surface area contributed by atoms with Gasteiger partial charge in [-0.3, -0.25) is 0 Å². The molecule has 0 unspecified atom stereocenters. The molecule has 0 heterocycles. The van der Waals surface area contributed by atoms with E-state index in [2.05, 4.69) is 78.9 Å². The lowest BCUT2D eigenvalue weighted by Crippen LogP contribution is -2.27. The molecule has 0 aliphatic carbocycles. The number of methoxy groups -OCH3 is 1. The number of rotatable bonds is 5. The molecule has 0 spiro atoms. The second-order valence-electron chi connectivity index (χ2n) is 5.44. The minimum absolute atomic E-state index is 0.375. The van der Waals surface area contributed by atoms with Crippen LogP contribution in [-0.4, -0.2) is 7.11 Å². The van der Waals surface area contributed by atoms with Crippen LogP contribution in [0.25, 0.3) is 0 Å². The zero-order valence-corrected chi connectivity index (χ0v) is 13.2. The largest absolute Gasteiger partial charge is 0.505 e. The monoisotopic (exact) mass is 300 g/mol. The van der Waals surface area contributed by atoms with E-state index in [1.807, 2.05) is 18.2 Å². The van der Waals surface area contributed by atoms with Gasteiger partial charge in [0.05, 0.1) is 18.8 Å². The zero-order valence-electron chi connectivity index (χ0n) is 13.2. The summed E-state index contributed by atoms with van der Waals surface area (Å²) in [6, 6.07) is 31.6. The summed E-state index contributed by atoms with van der Waals surface area (Å²) in [6.07, 6.45) is 3.90. The second-order valence-corrected chi connectivity index (χ2v) is 5.44. The molecule has 0 aliphatic heterocycles. The van der Waals surface area contributed by atoms with Gasteiger partial charge in [0.1, 0.15) is 0 Å². The van der Waals surface area contributed by atoms with Crippen LogP contribution in [0.5, 0.6) is 0 Å². The van der Waals surface area contributed by atoms with Crippen LogP contribution < -0.4 is 0 Å². The van der Waals surface area contributed by atoms with Gasteiger partial charge >= 0.3 is 0 Å². The van der Waals surface area contributed by atoms with E-state index in [-0.39, 0.29) is 5.41 Å². The molecule has 0 N–H and O–H groups in total. The fraction of sp³-hybridized carbons (Fsp3) is 0.0909. The Bertz CT molecular complexity index is 649. The Hall–Kier alpha value is -2.80. The molecule has 0 amide bonds. The number of ether oxygens (including phenoxy) is 1. The Morgan fingerprint density at radius 3 is 1.26 bits per heavy atom. The maximum atomic E-state index is 5.28. The van der Waals surface area contributed by atoms with Crippen molar-refractivity contribution in [3.8, 4) is 0 Å². The van der Waals surface area contributed by atoms with Crippen LogP contribution in [-0.2, 0) is 10.2 Å². The smallest absolute Gasteiger partial charge is 0.0800 e. The number of allylic oxidation sites excluding steroid dienone is 1. The van der Waals surface area contributed by atoms with Gasteiger partial charge in [-0.2, -0.15) is 0 Å². The third-order valence-corrected chi connectivity index (χ3v) is 4.14. The van der Waals surface area contributed by atoms with Crippen molar-refractivity contribution in [2.75, 3.05) is 7.11 Å². The predicted octanol–water partition coefficient (Wildman–Crippen LogP) is 5.18. The van der Waals surface area contributed by atoms with Gasteiger partial charge in [-0.25, -0.2) is 0 Å².